The van der Waals surface area contributed by atoms with Crippen LogP contribution in [0.15, 0.2) is 58.4 Å². The summed E-state index contributed by atoms with van der Waals surface area (Å²) in [6.45, 7) is 3.93. The minimum Gasteiger partial charge on any atom is -0.369 e. The third-order valence-electron chi connectivity index (χ3n) is 3.76. The Morgan fingerprint density at radius 3 is 2.50 bits per heavy atom. The first-order valence-corrected chi connectivity index (χ1v) is 9.72. The van der Waals surface area contributed by atoms with Crippen LogP contribution in [-0.2, 0) is 4.79 Å². The number of halogens is 1. The summed E-state index contributed by atoms with van der Waals surface area (Å²) in [7, 11) is 0. The van der Waals surface area contributed by atoms with Crippen molar-refractivity contribution in [3.05, 3.63) is 53.3 Å². The molecule has 0 aliphatic rings. The Hall–Kier alpha value is -2.19. The first-order valence-electron chi connectivity index (χ1n) is 8.05. The zero-order valence-corrected chi connectivity index (χ0v) is 16.7. The van der Waals surface area contributed by atoms with E-state index in [4.69, 9.17) is 5.73 Å². The lowest BCUT2D eigenvalue weighted by Gasteiger charge is -2.17. The van der Waals surface area contributed by atoms with Gasteiger partial charge in [-0.1, -0.05) is 41.5 Å². The molecule has 8 heteroatoms. The van der Waals surface area contributed by atoms with E-state index in [9.17, 15) is 4.79 Å². The number of benzene rings is 1. The molecular weight excluding hydrogens is 414 g/mol. The molecule has 1 unspecified atom stereocenters. The quantitative estimate of drug-likeness (QED) is 0.601. The number of hydrogen-bond acceptors (Lipinski definition) is 5. The number of pyridine rings is 1. The number of carbonyl (C=O) groups excluding carboxylic acids is 1. The highest BCUT2D eigenvalue weighted by Gasteiger charge is 2.25. The highest BCUT2D eigenvalue weighted by atomic mass is 79.9. The molecule has 3 aromatic rings. The Labute approximate surface area is 164 Å². The van der Waals surface area contributed by atoms with Gasteiger partial charge in [0.25, 0.3) is 0 Å². The third kappa shape index (κ3) is 3.96. The summed E-state index contributed by atoms with van der Waals surface area (Å²) in [4.78, 5) is 16.0. The van der Waals surface area contributed by atoms with Crippen LogP contribution in [-0.4, -0.2) is 30.9 Å². The molecule has 0 spiro atoms. The van der Waals surface area contributed by atoms with E-state index in [0.29, 0.717) is 11.0 Å². The number of nitrogens with zero attached hydrogens (tertiary/aromatic N) is 4. The molecule has 0 aliphatic carbocycles. The Morgan fingerprint density at radius 1 is 1.19 bits per heavy atom. The number of thioether (sulfide) groups is 1. The van der Waals surface area contributed by atoms with Gasteiger partial charge in [0.1, 0.15) is 0 Å². The van der Waals surface area contributed by atoms with E-state index in [1.54, 1.807) is 12.4 Å². The van der Waals surface area contributed by atoms with E-state index in [2.05, 4.69) is 31.1 Å². The highest BCUT2D eigenvalue weighted by molar-refractivity contribution is 9.10. The molecule has 134 valence electrons. The molecule has 26 heavy (non-hydrogen) atoms. The Kier molecular flexibility index (Phi) is 5.73. The Balaban J connectivity index is 2.12. The lowest BCUT2D eigenvalue weighted by Crippen LogP contribution is -2.30. The van der Waals surface area contributed by atoms with Crippen LogP contribution in [0.25, 0.3) is 17.1 Å². The molecule has 1 aromatic carbocycles. The van der Waals surface area contributed by atoms with Crippen LogP contribution in [0.2, 0.25) is 0 Å². The lowest BCUT2D eigenvalue weighted by molar-refractivity contribution is -0.118. The molecule has 0 fully saturated rings. The van der Waals surface area contributed by atoms with Crippen LogP contribution < -0.4 is 5.73 Å². The highest BCUT2D eigenvalue weighted by Crippen LogP contribution is 2.32. The van der Waals surface area contributed by atoms with Crippen LogP contribution >= 0.6 is 27.7 Å². The lowest BCUT2D eigenvalue weighted by atomic mass is 10.1. The van der Waals surface area contributed by atoms with Gasteiger partial charge in [0.05, 0.1) is 5.25 Å². The van der Waals surface area contributed by atoms with Gasteiger partial charge in [0, 0.05) is 28.1 Å². The van der Waals surface area contributed by atoms with E-state index < -0.39 is 5.25 Å². The van der Waals surface area contributed by atoms with Crippen LogP contribution in [0.3, 0.4) is 0 Å². The first-order chi connectivity index (χ1) is 12.5. The second-order valence-corrected chi connectivity index (χ2v) is 8.07. The molecule has 3 rings (SSSR count). The molecule has 0 saturated heterocycles. The average Bonchev–Trinajstić information content (AvgIpc) is 3.04. The molecule has 0 bridgehead atoms. The van der Waals surface area contributed by atoms with Crippen LogP contribution in [0.4, 0.5) is 0 Å². The summed E-state index contributed by atoms with van der Waals surface area (Å²) in [5.41, 5.74) is 7.32. The maximum atomic E-state index is 11.8. The summed E-state index contributed by atoms with van der Waals surface area (Å²) >= 11 is 4.78. The molecule has 1 amide bonds. The summed E-state index contributed by atoms with van der Waals surface area (Å²) in [5, 5.41) is 8.89. The minimum atomic E-state index is -0.393. The molecule has 1 atom stereocenters. The van der Waals surface area contributed by atoms with Crippen molar-refractivity contribution < 1.29 is 4.79 Å². The monoisotopic (exact) mass is 431 g/mol. The van der Waals surface area contributed by atoms with E-state index >= 15 is 0 Å². The summed E-state index contributed by atoms with van der Waals surface area (Å²) in [6.07, 6.45) is 3.45. The molecule has 0 aliphatic heterocycles. The Bertz CT molecular complexity index is 896. The van der Waals surface area contributed by atoms with Crippen molar-refractivity contribution in [3.63, 3.8) is 0 Å². The number of rotatable bonds is 6. The van der Waals surface area contributed by atoms with Crippen LogP contribution in [0.5, 0.6) is 0 Å². The smallest absolute Gasteiger partial charge is 0.231 e. The summed E-state index contributed by atoms with van der Waals surface area (Å²) < 4.78 is 2.90. The van der Waals surface area contributed by atoms with Crippen molar-refractivity contribution in [1.29, 1.82) is 0 Å². The predicted molar refractivity (Wildman–Crippen MR) is 106 cm³/mol. The third-order valence-corrected chi connectivity index (χ3v) is 5.79. The maximum Gasteiger partial charge on any atom is 0.231 e. The normalized spacial score (nSPS) is 12.3. The fourth-order valence-corrected chi connectivity index (χ4v) is 3.75. The number of amides is 1. The fraction of sp³-hybridized carbons (Fsp3) is 0.222. The van der Waals surface area contributed by atoms with E-state index in [-0.39, 0.29) is 11.8 Å². The van der Waals surface area contributed by atoms with Crippen LogP contribution in [0, 0.1) is 5.92 Å². The van der Waals surface area contributed by atoms with E-state index in [1.165, 1.54) is 11.8 Å². The number of aromatic nitrogens is 4. The molecule has 2 heterocycles. The van der Waals surface area contributed by atoms with Gasteiger partial charge in [-0.25, -0.2) is 0 Å². The standard InChI is InChI=1S/C18H18BrN5OS/c1-11(2)15(16(20)25)26-18-23-22-17(12-4-3-9-21-10-12)24(18)14-7-5-13(19)6-8-14/h3-11,15H,1-2H3,(H2,20,25). The first kappa shape index (κ1) is 18.6. The van der Waals surface area contributed by atoms with Gasteiger partial charge < -0.3 is 5.73 Å². The SMILES string of the molecule is CC(C)C(Sc1nnc(-c2cccnc2)n1-c1ccc(Br)cc1)C(N)=O. The van der Waals surface area contributed by atoms with Gasteiger partial charge >= 0.3 is 0 Å². The van der Waals surface area contributed by atoms with E-state index in [0.717, 1.165) is 15.7 Å². The molecular formula is C18H18BrN5OS. The average molecular weight is 432 g/mol. The molecule has 0 radical (unpaired) electrons. The summed E-state index contributed by atoms with van der Waals surface area (Å²) in [6, 6.07) is 11.6. The maximum absolute atomic E-state index is 11.8. The van der Waals surface area contributed by atoms with Gasteiger partial charge in [-0.15, -0.1) is 10.2 Å². The molecule has 2 N–H and O–H groups in total. The molecule has 2 aromatic heterocycles. The van der Waals surface area contributed by atoms with Crippen LogP contribution in [0.1, 0.15) is 13.8 Å². The van der Waals surface area contributed by atoms with Gasteiger partial charge in [-0.2, -0.15) is 0 Å². The van der Waals surface area contributed by atoms with Crippen molar-refractivity contribution in [3.8, 4) is 17.1 Å². The molecule has 6 nitrogen and oxygen atoms in total. The number of nitrogens with two attached hydrogens (primary N) is 1. The fourth-order valence-electron chi connectivity index (χ4n) is 2.49. The zero-order chi connectivity index (χ0) is 18.7. The number of hydrogen-bond donors (Lipinski definition) is 1. The number of carbonyl (C=O) groups is 1. The van der Waals surface area contributed by atoms with Gasteiger partial charge in [-0.05, 0) is 42.3 Å². The van der Waals surface area contributed by atoms with E-state index in [1.807, 2.05) is 54.8 Å². The summed E-state index contributed by atoms with van der Waals surface area (Å²) in [5.74, 6) is 0.377. The van der Waals surface area contributed by atoms with Gasteiger partial charge in [0.2, 0.25) is 5.91 Å². The number of primary amides is 1. The predicted octanol–water partition coefficient (Wildman–Crippen LogP) is 3.69. The molecule has 0 saturated carbocycles. The van der Waals surface area contributed by atoms with Gasteiger partial charge in [-0.3, -0.25) is 14.3 Å². The second-order valence-electron chi connectivity index (χ2n) is 6.04. The minimum absolute atomic E-state index is 0.0782. The van der Waals surface area contributed by atoms with Crippen molar-refractivity contribution in [2.75, 3.05) is 0 Å². The topological polar surface area (TPSA) is 86.7 Å². The van der Waals surface area contributed by atoms with Crippen molar-refractivity contribution >= 4 is 33.6 Å². The second kappa shape index (κ2) is 8.01. The largest absolute Gasteiger partial charge is 0.369 e. The Morgan fingerprint density at radius 2 is 1.92 bits per heavy atom. The van der Waals surface area contributed by atoms with Crippen molar-refractivity contribution in [2.24, 2.45) is 11.7 Å². The zero-order valence-electron chi connectivity index (χ0n) is 14.3. The van der Waals surface area contributed by atoms with Gasteiger partial charge in [0.15, 0.2) is 11.0 Å². The van der Waals surface area contributed by atoms with Crippen molar-refractivity contribution in [1.82, 2.24) is 19.7 Å². The van der Waals surface area contributed by atoms with Crippen molar-refractivity contribution in [2.45, 2.75) is 24.3 Å².